The minimum atomic E-state index is -0.584. The second kappa shape index (κ2) is 7.85. The molecule has 0 aromatic heterocycles. The van der Waals surface area contributed by atoms with E-state index in [0.29, 0.717) is 21.5 Å². The Labute approximate surface area is 147 Å². The maximum atomic E-state index is 11.1. The second-order valence-electron chi connectivity index (χ2n) is 4.69. The van der Waals surface area contributed by atoms with Gasteiger partial charge in [-0.2, -0.15) is 0 Å². The van der Waals surface area contributed by atoms with Crippen LogP contribution in [0.5, 0.6) is 17.2 Å². The first-order valence-corrected chi connectivity index (χ1v) is 7.38. The van der Waals surface area contributed by atoms with Crippen LogP contribution in [0.3, 0.4) is 0 Å². The topological polar surface area (TPSA) is 94.2 Å². The average molecular weight is 371 g/mol. The number of hydrogen-bond acceptors (Lipinski definition) is 6. The van der Waals surface area contributed by atoms with E-state index >= 15 is 0 Å². The zero-order chi connectivity index (χ0) is 17.7. The molecule has 0 heterocycles. The molecule has 24 heavy (non-hydrogen) atoms. The van der Waals surface area contributed by atoms with Crippen LogP contribution in [0.2, 0.25) is 10.0 Å². The van der Waals surface area contributed by atoms with Crippen molar-refractivity contribution in [3.05, 3.63) is 56.6 Å². The number of ether oxygens (including phenoxy) is 2. The van der Waals surface area contributed by atoms with Crippen molar-refractivity contribution >= 4 is 34.6 Å². The van der Waals surface area contributed by atoms with Crippen LogP contribution < -0.4 is 9.47 Å². The Morgan fingerprint density at radius 1 is 1.25 bits per heavy atom. The van der Waals surface area contributed by atoms with Gasteiger partial charge in [-0.25, -0.2) is 0 Å². The van der Waals surface area contributed by atoms with Gasteiger partial charge in [-0.15, -0.1) is 0 Å². The minimum Gasteiger partial charge on any atom is -0.480 e. The third-order valence-corrected chi connectivity index (χ3v) is 3.39. The highest BCUT2D eigenvalue weighted by molar-refractivity contribution is 6.35. The molecule has 1 N–H and O–H groups in total. The van der Waals surface area contributed by atoms with Crippen molar-refractivity contribution in [2.45, 2.75) is 6.92 Å². The van der Waals surface area contributed by atoms with Crippen molar-refractivity contribution in [2.24, 2.45) is 5.16 Å². The van der Waals surface area contributed by atoms with Crippen LogP contribution in [0.1, 0.15) is 6.92 Å². The molecule has 0 bridgehead atoms. The Bertz CT molecular complexity index is 795. The summed E-state index contributed by atoms with van der Waals surface area (Å²) < 4.78 is 10.9. The van der Waals surface area contributed by atoms with E-state index in [1.807, 2.05) is 0 Å². The molecule has 2 rings (SSSR count). The molecule has 0 spiro atoms. The average Bonchev–Trinajstić information content (AvgIpc) is 2.55. The molecule has 0 unspecified atom stereocenters. The first-order valence-electron chi connectivity index (χ1n) is 6.62. The lowest BCUT2D eigenvalue weighted by Crippen LogP contribution is -2.08. The van der Waals surface area contributed by atoms with E-state index in [4.69, 9.17) is 37.9 Å². The number of nitro benzene ring substituents is 1. The van der Waals surface area contributed by atoms with E-state index in [1.54, 1.807) is 12.1 Å². The van der Waals surface area contributed by atoms with Gasteiger partial charge in [-0.3, -0.25) is 10.1 Å². The standard InChI is InChI=1S/C15H12Cl2N2O5/c1-9(18-20)8-23-15-7-11(3-4-13(15)19(21)22)24-14-5-2-10(16)6-12(14)17/h2-7,20H,8H2,1H3. The van der Waals surface area contributed by atoms with Crippen LogP contribution in [0.15, 0.2) is 41.6 Å². The van der Waals surface area contributed by atoms with Gasteiger partial charge < -0.3 is 14.7 Å². The van der Waals surface area contributed by atoms with Gasteiger partial charge in [0, 0.05) is 17.2 Å². The number of halogens is 2. The summed E-state index contributed by atoms with van der Waals surface area (Å²) in [6.07, 6.45) is 0. The Kier molecular flexibility index (Phi) is 5.83. The molecule has 2 aromatic carbocycles. The number of nitro groups is 1. The molecule has 126 valence electrons. The molecule has 0 aliphatic heterocycles. The maximum absolute atomic E-state index is 11.1. The first-order chi connectivity index (χ1) is 11.4. The molecular weight excluding hydrogens is 359 g/mol. The van der Waals surface area contributed by atoms with Gasteiger partial charge in [0.05, 0.1) is 15.7 Å². The SMILES string of the molecule is CC(COc1cc(Oc2ccc(Cl)cc2Cl)ccc1[N+](=O)[O-])=NO. The fourth-order valence-corrected chi connectivity index (χ4v) is 2.17. The largest absolute Gasteiger partial charge is 0.480 e. The summed E-state index contributed by atoms with van der Waals surface area (Å²) in [7, 11) is 0. The van der Waals surface area contributed by atoms with Crippen molar-refractivity contribution in [3.63, 3.8) is 0 Å². The van der Waals surface area contributed by atoms with E-state index in [2.05, 4.69) is 5.16 Å². The monoisotopic (exact) mass is 370 g/mol. The summed E-state index contributed by atoms with van der Waals surface area (Å²) in [6, 6.07) is 8.72. The van der Waals surface area contributed by atoms with Gasteiger partial charge in [-0.05, 0) is 31.2 Å². The third kappa shape index (κ3) is 4.50. The summed E-state index contributed by atoms with van der Waals surface area (Å²) in [5.41, 5.74) is 0.0201. The summed E-state index contributed by atoms with van der Waals surface area (Å²) in [5.74, 6) is 0.609. The third-order valence-electron chi connectivity index (χ3n) is 2.86. The lowest BCUT2D eigenvalue weighted by Gasteiger charge is -2.10. The lowest BCUT2D eigenvalue weighted by atomic mass is 10.2. The Morgan fingerprint density at radius 3 is 2.62 bits per heavy atom. The molecule has 0 amide bonds. The highest BCUT2D eigenvalue weighted by Crippen LogP contribution is 2.36. The summed E-state index contributed by atoms with van der Waals surface area (Å²) in [4.78, 5) is 10.5. The van der Waals surface area contributed by atoms with Gasteiger partial charge >= 0.3 is 5.69 Å². The van der Waals surface area contributed by atoms with E-state index in [0.717, 1.165) is 0 Å². The molecule has 0 saturated carbocycles. The minimum absolute atomic E-state index is 0.0226. The Hall–Kier alpha value is -2.51. The second-order valence-corrected chi connectivity index (χ2v) is 5.53. The Balaban J connectivity index is 2.29. The van der Waals surface area contributed by atoms with Gasteiger partial charge in [0.25, 0.3) is 0 Å². The molecule has 7 nitrogen and oxygen atoms in total. The predicted octanol–water partition coefficient (Wildman–Crippen LogP) is 4.92. The highest BCUT2D eigenvalue weighted by Gasteiger charge is 2.17. The zero-order valence-electron chi connectivity index (χ0n) is 12.4. The number of rotatable bonds is 6. The van der Waals surface area contributed by atoms with E-state index in [-0.39, 0.29) is 23.8 Å². The normalized spacial score (nSPS) is 11.2. The van der Waals surface area contributed by atoms with E-state index in [1.165, 1.54) is 31.2 Å². The van der Waals surface area contributed by atoms with Gasteiger partial charge in [0.1, 0.15) is 18.1 Å². The van der Waals surface area contributed by atoms with Crippen molar-refractivity contribution in [1.29, 1.82) is 0 Å². The number of nitrogens with zero attached hydrogens (tertiary/aromatic N) is 2. The summed E-state index contributed by atoms with van der Waals surface area (Å²) in [5, 5.41) is 23.4. The van der Waals surface area contributed by atoms with Crippen molar-refractivity contribution in [3.8, 4) is 17.2 Å². The highest BCUT2D eigenvalue weighted by atomic mass is 35.5. The zero-order valence-corrected chi connectivity index (χ0v) is 13.9. The smallest absolute Gasteiger partial charge is 0.311 e. The quantitative estimate of drug-likeness (QED) is 0.337. The molecule has 2 aromatic rings. The number of benzene rings is 2. The maximum Gasteiger partial charge on any atom is 0.311 e. The lowest BCUT2D eigenvalue weighted by molar-refractivity contribution is -0.385. The fraction of sp³-hybridized carbons (Fsp3) is 0.133. The number of hydrogen-bond donors (Lipinski definition) is 1. The van der Waals surface area contributed by atoms with Crippen LogP contribution in [0, 0.1) is 10.1 Å². The summed E-state index contributed by atoms with van der Waals surface area (Å²) >= 11 is 11.8. The fourth-order valence-electron chi connectivity index (χ4n) is 1.72. The van der Waals surface area contributed by atoms with Crippen molar-refractivity contribution < 1.29 is 19.6 Å². The van der Waals surface area contributed by atoms with E-state index in [9.17, 15) is 10.1 Å². The van der Waals surface area contributed by atoms with Crippen LogP contribution >= 0.6 is 23.2 Å². The van der Waals surface area contributed by atoms with Crippen LogP contribution in [-0.4, -0.2) is 22.4 Å². The molecule has 0 fully saturated rings. The summed E-state index contributed by atoms with van der Waals surface area (Å²) in [6.45, 7) is 1.40. The Morgan fingerprint density at radius 2 is 2.00 bits per heavy atom. The molecule has 0 atom stereocenters. The molecule has 0 aliphatic rings. The molecule has 0 radical (unpaired) electrons. The first kappa shape index (κ1) is 17.8. The van der Waals surface area contributed by atoms with Crippen molar-refractivity contribution in [1.82, 2.24) is 0 Å². The molecule has 0 saturated heterocycles. The van der Waals surface area contributed by atoms with Gasteiger partial charge in [-0.1, -0.05) is 28.4 Å². The van der Waals surface area contributed by atoms with Crippen LogP contribution in [0.4, 0.5) is 5.69 Å². The van der Waals surface area contributed by atoms with Gasteiger partial charge in [0.2, 0.25) is 5.75 Å². The number of oxime groups is 1. The van der Waals surface area contributed by atoms with Gasteiger partial charge in [0.15, 0.2) is 0 Å². The molecular formula is C15H12Cl2N2O5. The molecule has 0 aliphatic carbocycles. The van der Waals surface area contributed by atoms with E-state index < -0.39 is 4.92 Å². The molecule has 9 heteroatoms. The van der Waals surface area contributed by atoms with Crippen molar-refractivity contribution in [2.75, 3.05) is 6.61 Å². The predicted molar refractivity (Wildman–Crippen MR) is 90.0 cm³/mol. The van der Waals surface area contributed by atoms with Crippen LogP contribution in [0.25, 0.3) is 0 Å². The van der Waals surface area contributed by atoms with Crippen LogP contribution in [-0.2, 0) is 0 Å².